The van der Waals surface area contributed by atoms with Crippen LogP contribution in [0.5, 0.6) is 0 Å². The lowest BCUT2D eigenvalue weighted by Crippen LogP contribution is -2.06. The molecule has 0 aromatic carbocycles. The first kappa shape index (κ1) is 12.1. The Bertz CT molecular complexity index is 332. The summed E-state index contributed by atoms with van der Waals surface area (Å²) in [5.74, 6) is 0.442. The summed E-state index contributed by atoms with van der Waals surface area (Å²) in [6.07, 6.45) is 0. The van der Waals surface area contributed by atoms with E-state index >= 15 is 0 Å². The van der Waals surface area contributed by atoms with Crippen LogP contribution in [0, 0.1) is 0 Å². The number of hydrogen-bond acceptors (Lipinski definition) is 4. The van der Waals surface area contributed by atoms with Gasteiger partial charge < -0.3 is 13.9 Å². The number of carbonyl (C=O) groups excluding carboxylic acids is 1. The minimum atomic E-state index is -0.485. The summed E-state index contributed by atoms with van der Waals surface area (Å²) >= 11 is 5.61. The first-order valence-electron chi connectivity index (χ1n) is 4.56. The van der Waals surface area contributed by atoms with E-state index in [0.717, 1.165) is 0 Å². The van der Waals surface area contributed by atoms with Crippen molar-refractivity contribution in [3.8, 4) is 0 Å². The van der Waals surface area contributed by atoms with Crippen molar-refractivity contribution in [3.05, 3.63) is 23.2 Å². The molecular weight excluding hydrogens is 220 g/mol. The van der Waals surface area contributed by atoms with E-state index < -0.39 is 5.97 Å². The second-order valence-electron chi connectivity index (χ2n) is 2.85. The molecule has 0 aliphatic heterocycles. The number of halogens is 1. The Hall–Kier alpha value is -1.00. The molecule has 0 saturated carbocycles. The van der Waals surface area contributed by atoms with Crippen LogP contribution < -0.4 is 0 Å². The topological polar surface area (TPSA) is 48.7 Å². The van der Waals surface area contributed by atoms with Crippen molar-refractivity contribution in [2.75, 3.05) is 13.7 Å². The molecule has 1 aromatic heterocycles. The molecule has 0 N–H and O–H groups in total. The lowest BCUT2D eigenvalue weighted by atomic mass is 10.2. The van der Waals surface area contributed by atoms with Gasteiger partial charge in [0.05, 0.1) is 19.1 Å². The molecule has 1 rings (SSSR count). The van der Waals surface area contributed by atoms with Gasteiger partial charge in [0.15, 0.2) is 0 Å². The van der Waals surface area contributed by atoms with E-state index in [0.29, 0.717) is 24.5 Å². The maximum atomic E-state index is 11.5. The molecule has 4 nitrogen and oxygen atoms in total. The third-order valence-electron chi connectivity index (χ3n) is 1.75. The van der Waals surface area contributed by atoms with Gasteiger partial charge in [-0.05, 0) is 13.0 Å². The van der Waals surface area contributed by atoms with Gasteiger partial charge >= 0.3 is 5.97 Å². The van der Waals surface area contributed by atoms with E-state index in [9.17, 15) is 4.79 Å². The molecule has 0 spiro atoms. The largest absolute Gasteiger partial charge is 0.460 e. The number of hydrogen-bond donors (Lipinski definition) is 0. The second-order valence-corrected chi connectivity index (χ2v) is 3.12. The smallest absolute Gasteiger partial charge is 0.374 e. The molecule has 0 aliphatic carbocycles. The zero-order valence-electron chi connectivity index (χ0n) is 8.71. The minimum absolute atomic E-state index is 0.175. The zero-order chi connectivity index (χ0) is 11.3. The molecule has 0 radical (unpaired) electrons. The monoisotopic (exact) mass is 232 g/mol. The summed E-state index contributed by atoms with van der Waals surface area (Å²) in [6, 6.07) is 1.70. The summed E-state index contributed by atoms with van der Waals surface area (Å²) in [4.78, 5) is 11.5. The quantitative estimate of drug-likeness (QED) is 0.578. The Balaban J connectivity index is 2.92. The van der Waals surface area contributed by atoms with E-state index in [1.807, 2.05) is 0 Å². The summed E-state index contributed by atoms with van der Waals surface area (Å²) in [6.45, 7) is 2.34. The number of methoxy groups -OCH3 is 1. The van der Waals surface area contributed by atoms with Crippen LogP contribution in [0.4, 0.5) is 0 Å². The van der Waals surface area contributed by atoms with Gasteiger partial charge in [0, 0.05) is 12.7 Å². The molecule has 5 heteroatoms. The standard InChI is InChI=1S/C10H13ClO4/c1-3-14-10(12)9-7(6-13-2)4-8(5-11)15-9/h4H,3,5-6H2,1-2H3. The maximum absolute atomic E-state index is 11.5. The van der Waals surface area contributed by atoms with Crippen molar-refractivity contribution in [1.29, 1.82) is 0 Å². The highest BCUT2D eigenvalue weighted by Crippen LogP contribution is 2.19. The van der Waals surface area contributed by atoms with E-state index in [4.69, 9.17) is 25.5 Å². The van der Waals surface area contributed by atoms with E-state index in [1.165, 1.54) is 0 Å². The van der Waals surface area contributed by atoms with Gasteiger partial charge in [-0.25, -0.2) is 4.79 Å². The number of esters is 1. The molecule has 1 aromatic rings. The predicted octanol–water partition coefficient (Wildman–Crippen LogP) is 2.34. The number of ether oxygens (including phenoxy) is 2. The fourth-order valence-electron chi connectivity index (χ4n) is 1.18. The summed E-state index contributed by atoms with van der Waals surface area (Å²) < 4.78 is 15.0. The molecule has 15 heavy (non-hydrogen) atoms. The molecule has 0 unspecified atom stereocenters. The van der Waals surface area contributed by atoms with Crippen molar-refractivity contribution < 1.29 is 18.7 Å². The highest BCUT2D eigenvalue weighted by atomic mass is 35.5. The van der Waals surface area contributed by atoms with Crippen molar-refractivity contribution in [2.45, 2.75) is 19.4 Å². The van der Waals surface area contributed by atoms with Crippen molar-refractivity contribution in [1.82, 2.24) is 0 Å². The first-order valence-corrected chi connectivity index (χ1v) is 5.10. The fourth-order valence-corrected chi connectivity index (χ4v) is 1.32. The van der Waals surface area contributed by atoms with Crippen LogP contribution in [0.15, 0.2) is 10.5 Å². The van der Waals surface area contributed by atoms with Crippen LogP contribution in [0.1, 0.15) is 28.8 Å². The Labute approximate surface area is 93.1 Å². The van der Waals surface area contributed by atoms with Gasteiger partial charge in [0.1, 0.15) is 5.76 Å². The van der Waals surface area contributed by atoms with Crippen LogP contribution in [0.3, 0.4) is 0 Å². The van der Waals surface area contributed by atoms with Crippen molar-refractivity contribution in [3.63, 3.8) is 0 Å². The molecule has 84 valence electrons. The van der Waals surface area contributed by atoms with E-state index in [-0.39, 0.29) is 11.6 Å². The normalized spacial score (nSPS) is 10.3. The first-order chi connectivity index (χ1) is 7.22. The van der Waals surface area contributed by atoms with E-state index in [2.05, 4.69) is 0 Å². The van der Waals surface area contributed by atoms with Crippen molar-refractivity contribution in [2.24, 2.45) is 0 Å². The van der Waals surface area contributed by atoms with Crippen LogP contribution in [0.2, 0.25) is 0 Å². The van der Waals surface area contributed by atoms with Gasteiger partial charge in [0.25, 0.3) is 0 Å². The molecule has 0 atom stereocenters. The van der Waals surface area contributed by atoms with Gasteiger partial charge in [-0.1, -0.05) is 0 Å². The SMILES string of the molecule is CCOC(=O)c1oc(CCl)cc1COC. The number of furan rings is 1. The number of alkyl halides is 1. The highest BCUT2D eigenvalue weighted by Gasteiger charge is 2.18. The predicted molar refractivity (Wildman–Crippen MR) is 54.9 cm³/mol. The highest BCUT2D eigenvalue weighted by molar-refractivity contribution is 6.16. The Kier molecular flexibility index (Phi) is 4.65. The van der Waals surface area contributed by atoms with Gasteiger partial charge in [-0.2, -0.15) is 0 Å². The second kappa shape index (κ2) is 5.78. The molecule has 0 bridgehead atoms. The van der Waals surface area contributed by atoms with Crippen LogP contribution in [-0.4, -0.2) is 19.7 Å². The summed E-state index contributed by atoms with van der Waals surface area (Å²) in [7, 11) is 1.54. The lowest BCUT2D eigenvalue weighted by molar-refractivity contribution is 0.0482. The van der Waals surface area contributed by atoms with Crippen LogP contribution in [-0.2, 0) is 22.0 Å². The lowest BCUT2D eigenvalue weighted by Gasteiger charge is -2.00. The minimum Gasteiger partial charge on any atom is -0.460 e. The third-order valence-corrected chi connectivity index (χ3v) is 2.02. The molecule has 0 saturated heterocycles. The summed E-state index contributed by atoms with van der Waals surface area (Å²) in [5, 5.41) is 0. The fraction of sp³-hybridized carbons (Fsp3) is 0.500. The van der Waals surface area contributed by atoms with Crippen LogP contribution in [0.25, 0.3) is 0 Å². The number of rotatable bonds is 5. The molecule has 0 amide bonds. The maximum Gasteiger partial charge on any atom is 0.374 e. The Morgan fingerprint density at radius 2 is 2.33 bits per heavy atom. The Morgan fingerprint density at radius 3 is 2.87 bits per heavy atom. The van der Waals surface area contributed by atoms with Gasteiger partial charge in [-0.3, -0.25) is 0 Å². The average molecular weight is 233 g/mol. The number of carbonyl (C=O) groups is 1. The molecule has 0 fully saturated rings. The molecule has 1 heterocycles. The van der Waals surface area contributed by atoms with Gasteiger partial charge in [0.2, 0.25) is 5.76 Å². The van der Waals surface area contributed by atoms with Crippen LogP contribution >= 0.6 is 11.6 Å². The third kappa shape index (κ3) is 2.97. The molecule has 0 aliphatic rings. The zero-order valence-corrected chi connectivity index (χ0v) is 9.47. The Morgan fingerprint density at radius 1 is 1.60 bits per heavy atom. The van der Waals surface area contributed by atoms with Gasteiger partial charge in [-0.15, -0.1) is 11.6 Å². The van der Waals surface area contributed by atoms with E-state index in [1.54, 1.807) is 20.1 Å². The average Bonchev–Trinajstić information content (AvgIpc) is 2.62. The summed E-state index contributed by atoms with van der Waals surface area (Å²) in [5.41, 5.74) is 0.659. The van der Waals surface area contributed by atoms with Crippen molar-refractivity contribution >= 4 is 17.6 Å². The molecular formula is C10H13ClO4.